The van der Waals surface area contributed by atoms with Crippen molar-refractivity contribution in [2.75, 3.05) is 33.5 Å². The lowest BCUT2D eigenvalue weighted by molar-refractivity contribution is 0.0544. The first-order chi connectivity index (χ1) is 11.3. The Bertz CT molecular complexity index is 560. The van der Waals surface area contributed by atoms with Crippen LogP contribution in [0, 0.1) is 0 Å². The monoisotopic (exact) mass is 320 g/mol. The third kappa shape index (κ3) is 5.61. The van der Waals surface area contributed by atoms with Crippen molar-refractivity contribution in [1.82, 2.24) is 20.2 Å². The number of hydrogen-bond acceptors (Lipinski definition) is 6. The number of rotatable bonds is 11. The average molecular weight is 320 g/mol. The molecule has 0 saturated heterocycles. The van der Waals surface area contributed by atoms with E-state index < -0.39 is 0 Å². The smallest absolute Gasteiger partial charge is 0.145 e. The molecule has 1 aromatic heterocycles. The van der Waals surface area contributed by atoms with E-state index in [-0.39, 0.29) is 0 Å². The maximum absolute atomic E-state index is 5.82. The van der Waals surface area contributed by atoms with Crippen molar-refractivity contribution in [2.45, 2.75) is 26.2 Å². The maximum Gasteiger partial charge on any atom is 0.145 e. The summed E-state index contributed by atoms with van der Waals surface area (Å²) >= 11 is 0. The molecular weight excluding hydrogens is 296 g/mol. The van der Waals surface area contributed by atoms with Gasteiger partial charge in [-0.25, -0.2) is 0 Å². The number of aromatic nitrogens is 4. The molecule has 0 aliphatic rings. The third-order valence-electron chi connectivity index (χ3n) is 3.36. The summed E-state index contributed by atoms with van der Waals surface area (Å²) in [4.78, 5) is 0. The van der Waals surface area contributed by atoms with Gasteiger partial charge in [-0.3, -0.25) is 0 Å². The van der Waals surface area contributed by atoms with Gasteiger partial charge in [0, 0.05) is 7.11 Å². The van der Waals surface area contributed by atoms with Gasteiger partial charge in [0.1, 0.15) is 24.4 Å². The fraction of sp³-hybridized carbons (Fsp3) is 0.562. The van der Waals surface area contributed by atoms with Gasteiger partial charge in [0.05, 0.1) is 19.8 Å². The van der Waals surface area contributed by atoms with Crippen LogP contribution in [0.3, 0.4) is 0 Å². The highest BCUT2D eigenvalue weighted by Crippen LogP contribution is 2.24. The van der Waals surface area contributed by atoms with E-state index >= 15 is 0 Å². The summed E-state index contributed by atoms with van der Waals surface area (Å²) in [5.74, 6) is 0.743. The Balaban J connectivity index is 2.00. The van der Waals surface area contributed by atoms with E-state index in [1.807, 2.05) is 6.07 Å². The van der Waals surface area contributed by atoms with Gasteiger partial charge in [-0.15, -0.1) is 5.10 Å². The van der Waals surface area contributed by atoms with Crippen LogP contribution < -0.4 is 4.74 Å². The highest BCUT2D eigenvalue weighted by molar-refractivity contribution is 5.48. The van der Waals surface area contributed by atoms with E-state index in [0.29, 0.717) is 26.4 Å². The van der Waals surface area contributed by atoms with Crippen LogP contribution in [0.2, 0.25) is 0 Å². The predicted molar refractivity (Wildman–Crippen MR) is 86.0 cm³/mol. The largest absolute Gasteiger partial charge is 0.489 e. The summed E-state index contributed by atoms with van der Waals surface area (Å²) in [5, 5.41) is 11.4. The van der Waals surface area contributed by atoms with Crippen LogP contribution in [0.4, 0.5) is 0 Å². The van der Waals surface area contributed by atoms with E-state index in [9.17, 15) is 0 Å². The molecule has 0 atom stereocenters. The van der Waals surface area contributed by atoms with E-state index in [4.69, 9.17) is 14.2 Å². The Morgan fingerprint density at radius 2 is 2.00 bits per heavy atom. The lowest BCUT2D eigenvalue weighted by Crippen LogP contribution is -2.11. The lowest BCUT2D eigenvalue weighted by Gasteiger charge is -2.13. The minimum atomic E-state index is 0.465. The van der Waals surface area contributed by atoms with Crippen LogP contribution in [0.1, 0.15) is 25.3 Å². The van der Waals surface area contributed by atoms with Gasteiger partial charge in [0.15, 0.2) is 0 Å². The molecule has 126 valence electrons. The summed E-state index contributed by atoms with van der Waals surface area (Å²) in [7, 11) is 1.65. The molecule has 0 fully saturated rings. The summed E-state index contributed by atoms with van der Waals surface area (Å²) in [5.41, 5.74) is 2.10. The number of nitrogens with zero attached hydrogens (tertiary/aromatic N) is 4. The van der Waals surface area contributed by atoms with Gasteiger partial charge >= 0.3 is 0 Å². The second-order valence-electron chi connectivity index (χ2n) is 5.11. The number of ether oxygens (including phenoxy) is 3. The zero-order chi connectivity index (χ0) is 16.3. The first kappa shape index (κ1) is 17.4. The topological polar surface area (TPSA) is 71.3 Å². The first-order valence-electron chi connectivity index (χ1n) is 7.91. The standard InChI is InChI=1S/C16H24N4O3/c1-3-4-5-14-6-7-16(23-11-10-22-9-8-21-2)15(12-14)20-13-17-18-19-20/h6-7,12-13H,3-5,8-11H2,1-2H3. The number of hydrogen-bond donors (Lipinski definition) is 0. The molecule has 2 aromatic rings. The lowest BCUT2D eigenvalue weighted by atomic mass is 10.1. The molecule has 0 N–H and O–H groups in total. The Morgan fingerprint density at radius 1 is 1.13 bits per heavy atom. The summed E-state index contributed by atoms with van der Waals surface area (Å²) in [6.45, 7) is 4.31. The van der Waals surface area contributed by atoms with Gasteiger partial charge in [0.25, 0.3) is 0 Å². The Hall–Kier alpha value is -1.99. The molecule has 1 heterocycles. The highest BCUT2D eigenvalue weighted by Gasteiger charge is 2.09. The maximum atomic E-state index is 5.82. The van der Waals surface area contributed by atoms with Crippen molar-refractivity contribution in [3.05, 3.63) is 30.1 Å². The van der Waals surface area contributed by atoms with Crippen LogP contribution in [-0.2, 0) is 15.9 Å². The van der Waals surface area contributed by atoms with E-state index in [0.717, 1.165) is 30.7 Å². The normalized spacial score (nSPS) is 10.9. The molecule has 0 spiro atoms. The number of unbranched alkanes of at least 4 members (excludes halogenated alkanes) is 1. The summed E-state index contributed by atoms with van der Waals surface area (Å²) in [6.07, 6.45) is 4.92. The summed E-state index contributed by atoms with van der Waals surface area (Å²) < 4.78 is 17.8. The second-order valence-corrected chi connectivity index (χ2v) is 5.11. The second kappa shape index (κ2) is 9.91. The number of tetrazole rings is 1. The van der Waals surface area contributed by atoms with Crippen molar-refractivity contribution in [3.8, 4) is 11.4 Å². The minimum Gasteiger partial charge on any atom is -0.489 e. The zero-order valence-corrected chi connectivity index (χ0v) is 13.8. The van der Waals surface area contributed by atoms with Gasteiger partial charge in [-0.2, -0.15) is 4.68 Å². The van der Waals surface area contributed by atoms with Crippen LogP contribution >= 0.6 is 0 Å². The molecule has 0 unspecified atom stereocenters. The summed E-state index contributed by atoms with van der Waals surface area (Å²) in [6, 6.07) is 6.13. The fourth-order valence-corrected chi connectivity index (χ4v) is 2.13. The molecule has 0 bridgehead atoms. The number of benzene rings is 1. The molecule has 7 heteroatoms. The van der Waals surface area contributed by atoms with Crippen molar-refractivity contribution in [3.63, 3.8) is 0 Å². The number of methoxy groups -OCH3 is 1. The van der Waals surface area contributed by atoms with Crippen LogP contribution in [0.5, 0.6) is 5.75 Å². The highest BCUT2D eigenvalue weighted by atomic mass is 16.5. The molecule has 0 aliphatic heterocycles. The van der Waals surface area contributed by atoms with Crippen molar-refractivity contribution < 1.29 is 14.2 Å². The van der Waals surface area contributed by atoms with Crippen LogP contribution in [0.15, 0.2) is 24.5 Å². The molecule has 1 aromatic carbocycles. The molecule has 0 radical (unpaired) electrons. The molecule has 7 nitrogen and oxygen atoms in total. The zero-order valence-electron chi connectivity index (χ0n) is 13.8. The predicted octanol–water partition coefficient (Wildman–Crippen LogP) is 2.05. The Kier molecular flexibility index (Phi) is 7.48. The molecule has 0 saturated carbocycles. The third-order valence-corrected chi connectivity index (χ3v) is 3.36. The molecular formula is C16H24N4O3. The van der Waals surface area contributed by atoms with Gasteiger partial charge < -0.3 is 14.2 Å². The Labute approximate surface area is 136 Å². The van der Waals surface area contributed by atoms with E-state index in [1.165, 1.54) is 5.56 Å². The minimum absolute atomic E-state index is 0.465. The van der Waals surface area contributed by atoms with E-state index in [2.05, 4.69) is 34.6 Å². The fourth-order valence-electron chi connectivity index (χ4n) is 2.13. The van der Waals surface area contributed by atoms with Gasteiger partial charge in [-0.1, -0.05) is 19.4 Å². The first-order valence-corrected chi connectivity index (χ1v) is 7.91. The molecule has 2 rings (SSSR count). The Morgan fingerprint density at radius 3 is 2.74 bits per heavy atom. The SMILES string of the molecule is CCCCc1ccc(OCCOCCOC)c(-n2cnnn2)c1. The van der Waals surface area contributed by atoms with Crippen molar-refractivity contribution in [1.29, 1.82) is 0 Å². The van der Waals surface area contributed by atoms with Gasteiger partial charge in [-0.05, 0) is 41.0 Å². The average Bonchev–Trinajstić information content (AvgIpc) is 3.11. The van der Waals surface area contributed by atoms with Crippen LogP contribution in [0.25, 0.3) is 5.69 Å². The van der Waals surface area contributed by atoms with Gasteiger partial charge in [0.2, 0.25) is 0 Å². The quantitative estimate of drug-likeness (QED) is 0.590. The van der Waals surface area contributed by atoms with E-state index in [1.54, 1.807) is 18.1 Å². The molecule has 0 aliphatic carbocycles. The van der Waals surface area contributed by atoms with Crippen LogP contribution in [-0.4, -0.2) is 53.7 Å². The van der Waals surface area contributed by atoms with Crippen molar-refractivity contribution in [2.24, 2.45) is 0 Å². The van der Waals surface area contributed by atoms with Crippen molar-refractivity contribution >= 4 is 0 Å². The number of aryl methyl sites for hydroxylation is 1. The molecule has 0 amide bonds. The molecule has 23 heavy (non-hydrogen) atoms.